The zero-order chi connectivity index (χ0) is 40.2. The van der Waals surface area contributed by atoms with Gasteiger partial charge >= 0.3 is 0 Å². The van der Waals surface area contributed by atoms with E-state index < -0.39 is 7.14 Å². The van der Waals surface area contributed by atoms with Crippen LogP contribution in [0.2, 0.25) is 0 Å². The summed E-state index contributed by atoms with van der Waals surface area (Å²) in [6.07, 6.45) is 0. The van der Waals surface area contributed by atoms with Crippen LogP contribution in [0, 0.1) is 0 Å². The molecule has 2 heterocycles. The summed E-state index contributed by atoms with van der Waals surface area (Å²) in [4.78, 5) is 0. The van der Waals surface area contributed by atoms with Gasteiger partial charge in [-0.15, -0.1) is 0 Å². The topological polar surface area (TPSA) is 22.0 Å². The molecule has 0 N–H and O–H groups in total. The van der Waals surface area contributed by atoms with Crippen LogP contribution in [0.5, 0.6) is 0 Å². The van der Waals surface area contributed by atoms with Gasteiger partial charge in [-0.1, -0.05) is 194 Å². The van der Waals surface area contributed by atoms with Crippen molar-refractivity contribution in [1.82, 2.24) is 4.57 Å². The van der Waals surface area contributed by atoms with Crippen LogP contribution < -0.4 is 15.9 Å². The average molecular weight is 794 g/mol. The van der Waals surface area contributed by atoms with E-state index in [4.69, 9.17) is 0 Å². The lowest BCUT2D eigenvalue weighted by molar-refractivity contribution is 0.593. The first kappa shape index (κ1) is 34.4. The standard InChI is InChI=1S/C58H36NOP/c60-61(40-20-2-1-3-21-40)53-31-13-11-27-50(53)57-54(61)35-34-49-43-24-10-12-30-52(43)59(58(49)57)39-32-33-48-51(36-39)56(45-29-15-19-38-17-5-7-23-42(38)45)47-26-9-8-25-46(47)55(48)44-28-14-18-37-16-4-6-22-41(37)44/h1-36H. The summed E-state index contributed by atoms with van der Waals surface area (Å²) in [6, 6.07) is 78.4. The molecule has 284 valence electrons. The highest BCUT2D eigenvalue weighted by Crippen LogP contribution is 2.55. The van der Waals surface area contributed by atoms with Crippen molar-refractivity contribution in [2.75, 3.05) is 0 Å². The number of nitrogens with zero attached hydrogens (tertiary/aromatic N) is 1. The lowest BCUT2D eigenvalue weighted by Gasteiger charge is -2.21. The average Bonchev–Trinajstić information content (AvgIpc) is 3.80. The van der Waals surface area contributed by atoms with Gasteiger partial charge in [-0.2, -0.15) is 0 Å². The number of aromatic nitrogens is 1. The summed E-state index contributed by atoms with van der Waals surface area (Å²) in [5.74, 6) is 0. The van der Waals surface area contributed by atoms with E-state index in [1.165, 1.54) is 70.7 Å². The smallest absolute Gasteiger partial charge is 0.172 e. The third-order valence-corrected chi connectivity index (χ3v) is 16.3. The summed E-state index contributed by atoms with van der Waals surface area (Å²) in [6.45, 7) is 0. The first-order chi connectivity index (χ1) is 30.2. The molecule has 1 aliphatic rings. The summed E-state index contributed by atoms with van der Waals surface area (Å²) in [5.41, 5.74) is 10.2. The van der Waals surface area contributed by atoms with Crippen molar-refractivity contribution < 1.29 is 4.57 Å². The maximum atomic E-state index is 15.8. The Morgan fingerprint density at radius 3 is 1.54 bits per heavy atom. The SMILES string of the molecule is O=P1(c2ccccc2)c2ccccc2-c2c1ccc1c3ccccc3n(-c3ccc4c(-c5cccc6ccccc56)c5ccccc5c(-c5cccc6ccccc56)c4c3)c21. The second-order valence-corrected chi connectivity index (χ2v) is 18.9. The van der Waals surface area contributed by atoms with E-state index >= 15 is 4.57 Å². The summed E-state index contributed by atoms with van der Waals surface area (Å²) >= 11 is 0. The molecule has 13 rings (SSSR count). The number of rotatable bonds is 4. The maximum Gasteiger partial charge on any atom is 0.172 e. The van der Waals surface area contributed by atoms with Crippen molar-refractivity contribution >= 4 is 88.0 Å². The van der Waals surface area contributed by atoms with Crippen LogP contribution in [-0.2, 0) is 4.57 Å². The largest absolute Gasteiger partial charge is 0.309 e. The fourth-order valence-corrected chi connectivity index (χ4v) is 13.7. The van der Waals surface area contributed by atoms with Crippen LogP contribution in [0.4, 0.5) is 0 Å². The molecule has 1 aliphatic heterocycles. The number of para-hydroxylation sites is 1. The molecule has 0 saturated carbocycles. The summed E-state index contributed by atoms with van der Waals surface area (Å²) < 4.78 is 18.3. The Labute approximate surface area is 353 Å². The Kier molecular flexibility index (Phi) is 7.32. The third kappa shape index (κ3) is 4.77. The Balaban J connectivity index is 1.20. The van der Waals surface area contributed by atoms with Gasteiger partial charge in [0.2, 0.25) is 0 Å². The zero-order valence-electron chi connectivity index (χ0n) is 33.1. The highest BCUT2D eigenvalue weighted by atomic mass is 31.2. The highest BCUT2D eigenvalue weighted by molar-refractivity contribution is 7.86. The molecule has 12 aromatic rings. The van der Waals surface area contributed by atoms with Crippen LogP contribution in [0.25, 0.3) is 104 Å². The second-order valence-electron chi connectivity index (χ2n) is 16.2. The Morgan fingerprint density at radius 1 is 0.328 bits per heavy atom. The molecule has 1 atom stereocenters. The van der Waals surface area contributed by atoms with E-state index in [2.05, 4.69) is 187 Å². The molecule has 0 aliphatic carbocycles. The molecule has 61 heavy (non-hydrogen) atoms. The molecule has 0 bridgehead atoms. The normalized spacial score (nSPS) is 14.7. The van der Waals surface area contributed by atoms with Gasteiger partial charge in [-0.25, -0.2) is 0 Å². The van der Waals surface area contributed by atoms with Crippen LogP contribution >= 0.6 is 7.14 Å². The molecule has 1 unspecified atom stereocenters. The van der Waals surface area contributed by atoms with E-state index in [9.17, 15) is 0 Å². The first-order valence-corrected chi connectivity index (χ1v) is 22.7. The molecule has 2 nitrogen and oxygen atoms in total. The van der Waals surface area contributed by atoms with Gasteiger partial charge in [-0.3, -0.25) is 0 Å². The van der Waals surface area contributed by atoms with Gasteiger partial charge < -0.3 is 9.13 Å². The van der Waals surface area contributed by atoms with Gasteiger partial charge in [0.1, 0.15) is 0 Å². The molecule has 0 radical (unpaired) electrons. The second kappa shape index (κ2) is 13.0. The van der Waals surface area contributed by atoms with Crippen molar-refractivity contribution in [3.63, 3.8) is 0 Å². The highest BCUT2D eigenvalue weighted by Gasteiger charge is 2.42. The van der Waals surface area contributed by atoms with Crippen molar-refractivity contribution in [3.8, 4) is 39.1 Å². The molecule has 0 fully saturated rings. The predicted octanol–water partition coefficient (Wildman–Crippen LogP) is 14.4. The summed E-state index contributed by atoms with van der Waals surface area (Å²) in [5, 5.41) is 14.7. The Bertz CT molecular complexity index is 3850. The number of fused-ring (bicyclic) bond motifs is 11. The van der Waals surface area contributed by atoms with E-state index in [1.54, 1.807) is 0 Å². The fourth-order valence-electron chi connectivity index (χ4n) is 10.6. The Morgan fingerprint density at radius 2 is 0.836 bits per heavy atom. The number of benzene rings is 11. The van der Waals surface area contributed by atoms with Gasteiger partial charge in [0, 0.05) is 37.9 Å². The Hall–Kier alpha value is -7.51. The molecular weight excluding hydrogens is 758 g/mol. The zero-order valence-corrected chi connectivity index (χ0v) is 34.0. The lowest BCUT2D eigenvalue weighted by Crippen LogP contribution is -2.20. The molecule has 11 aromatic carbocycles. The van der Waals surface area contributed by atoms with Crippen LogP contribution in [0.15, 0.2) is 218 Å². The van der Waals surface area contributed by atoms with E-state index in [1.807, 2.05) is 36.4 Å². The van der Waals surface area contributed by atoms with Gasteiger partial charge in [0.25, 0.3) is 0 Å². The van der Waals surface area contributed by atoms with Gasteiger partial charge in [0.05, 0.1) is 11.0 Å². The van der Waals surface area contributed by atoms with Gasteiger partial charge in [0.15, 0.2) is 7.14 Å². The number of hydrogen-bond acceptors (Lipinski definition) is 1. The maximum absolute atomic E-state index is 15.8. The van der Waals surface area contributed by atoms with Crippen LogP contribution in [0.3, 0.4) is 0 Å². The monoisotopic (exact) mass is 793 g/mol. The van der Waals surface area contributed by atoms with Crippen molar-refractivity contribution in [1.29, 1.82) is 0 Å². The molecule has 0 saturated heterocycles. The van der Waals surface area contributed by atoms with E-state index in [-0.39, 0.29) is 0 Å². The van der Waals surface area contributed by atoms with Crippen molar-refractivity contribution in [3.05, 3.63) is 218 Å². The van der Waals surface area contributed by atoms with Gasteiger partial charge in [-0.05, 0) is 95.2 Å². The molecule has 1 aromatic heterocycles. The quantitative estimate of drug-likeness (QED) is 0.128. The molecular formula is C58H36NOP. The van der Waals surface area contributed by atoms with Crippen molar-refractivity contribution in [2.45, 2.75) is 0 Å². The number of hydrogen-bond donors (Lipinski definition) is 0. The first-order valence-electron chi connectivity index (χ1n) is 21.0. The lowest BCUT2D eigenvalue weighted by atomic mass is 9.83. The van der Waals surface area contributed by atoms with Crippen LogP contribution in [-0.4, -0.2) is 4.57 Å². The third-order valence-electron chi connectivity index (χ3n) is 13.2. The minimum atomic E-state index is -3.17. The van der Waals surface area contributed by atoms with E-state index in [0.717, 1.165) is 49.1 Å². The van der Waals surface area contributed by atoms with Crippen LogP contribution in [0.1, 0.15) is 0 Å². The molecule has 0 amide bonds. The van der Waals surface area contributed by atoms with Crippen molar-refractivity contribution in [2.24, 2.45) is 0 Å². The molecule has 3 heteroatoms. The van der Waals surface area contributed by atoms with E-state index in [0.29, 0.717) is 0 Å². The minimum Gasteiger partial charge on any atom is -0.309 e. The molecule has 0 spiro atoms. The predicted molar refractivity (Wildman–Crippen MR) is 260 cm³/mol. The summed E-state index contributed by atoms with van der Waals surface area (Å²) in [7, 11) is -3.17. The fraction of sp³-hybridized carbons (Fsp3) is 0. The minimum absolute atomic E-state index is 0.862.